The summed E-state index contributed by atoms with van der Waals surface area (Å²) >= 11 is 0. The molecule has 0 aliphatic carbocycles. The highest BCUT2D eigenvalue weighted by molar-refractivity contribution is 5.69. The van der Waals surface area contributed by atoms with Gasteiger partial charge in [-0.3, -0.25) is 4.79 Å². The van der Waals surface area contributed by atoms with Crippen LogP contribution in [-0.4, -0.2) is 45.0 Å². The number of aryl methyl sites for hydroxylation is 1. The van der Waals surface area contributed by atoms with E-state index in [0.717, 1.165) is 23.4 Å². The van der Waals surface area contributed by atoms with Crippen molar-refractivity contribution >= 4 is 5.97 Å². The zero-order valence-electron chi connectivity index (χ0n) is 14.7. The molecule has 0 amide bonds. The largest absolute Gasteiger partial charge is 0.460 e. The molecule has 0 aliphatic heterocycles. The van der Waals surface area contributed by atoms with Crippen LogP contribution >= 0.6 is 0 Å². The van der Waals surface area contributed by atoms with E-state index in [2.05, 4.69) is 15.5 Å². The van der Waals surface area contributed by atoms with E-state index in [0.29, 0.717) is 13.2 Å². The molecule has 1 aromatic carbocycles. The zero-order valence-corrected chi connectivity index (χ0v) is 14.7. The van der Waals surface area contributed by atoms with Crippen molar-refractivity contribution in [1.82, 2.24) is 20.2 Å². The van der Waals surface area contributed by atoms with Gasteiger partial charge in [-0.05, 0) is 49.2 Å². The summed E-state index contributed by atoms with van der Waals surface area (Å²) in [6.45, 7) is 6.47. The fourth-order valence-electron chi connectivity index (χ4n) is 2.18. The predicted molar refractivity (Wildman–Crippen MR) is 89.2 cm³/mol. The smallest absolute Gasteiger partial charge is 0.308 e. The van der Waals surface area contributed by atoms with Crippen LogP contribution in [0.15, 0.2) is 24.3 Å². The van der Waals surface area contributed by atoms with Crippen molar-refractivity contribution in [3.05, 3.63) is 29.8 Å². The van der Waals surface area contributed by atoms with Crippen LogP contribution in [0.2, 0.25) is 0 Å². The van der Waals surface area contributed by atoms with Crippen molar-refractivity contribution in [3.63, 3.8) is 0 Å². The standard InChI is InChI=1S/C17H24N4O3/c1-17(2,3)24-15(22)9-11-23-10-8-13-6-5-7-14(12-13)16-18-19-20-21(16)4/h5-7,12H,8-11H2,1-4H3. The number of esters is 1. The van der Waals surface area contributed by atoms with E-state index >= 15 is 0 Å². The summed E-state index contributed by atoms with van der Waals surface area (Å²) < 4.78 is 12.4. The van der Waals surface area contributed by atoms with Gasteiger partial charge in [0.05, 0.1) is 19.6 Å². The highest BCUT2D eigenvalue weighted by Gasteiger charge is 2.15. The zero-order chi connectivity index (χ0) is 17.6. The quantitative estimate of drug-likeness (QED) is 0.571. The Labute approximate surface area is 142 Å². The van der Waals surface area contributed by atoms with E-state index in [1.54, 1.807) is 4.68 Å². The number of nitrogens with zero attached hydrogens (tertiary/aromatic N) is 4. The van der Waals surface area contributed by atoms with Crippen LogP contribution in [0.1, 0.15) is 32.8 Å². The molecule has 0 fully saturated rings. The second kappa shape index (κ2) is 8.01. The van der Waals surface area contributed by atoms with Gasteiger partial charge >= 0.3 is 5.97 Å². The molecular formula is C17H24N4O3. The normalized spacial score (nSPS) is 11.5. The molecule has 0 radical (unpaired) electrons. The van der Waals surface area contributed by atoms with Gasteiger partial charge in [0.1, 0.15) is 5.60 Å². The average molecular weight is 332 g/mol. The molecule has 0 N–H and O–H groups in total. The Bertz CT molecular complexity index is 676. The first kappa shape index (κ1) is 18.1. The van der Waals surface area contributed by atoms with Gasteiger partial charge in [-0.1, -0.05) is 18.2 Å². The molecule has 1 heterocycles. The number of rotatable bonds is 7. The third-order valence-corrected chi connectivity index (χ3v) is 3.21. The van der Waals surface area contributed by atoms with Gasteiger partial charge in [0.15, 0.2) is 5.82 Å². The number of benzene rings is 1. The maximum absolute atomic E-state index is 11.6. The van der Waals surface area contributed by atoms with Crippen molar-refractivity contribution in [1.29, 1.82) is 0 Å². The van der Waals surface area contributed by atoms with Crippen molar-refractivity contribution in [2.24, 2.45) is 7.05 Å². The second-order valence-corrected chi connectivity index (χ2v) is 6.53. The van der Waals surface area contributed by atoms with E-state index < -0.39 is 5.60 Å². The van der Waals surface area contributed by atoms with Crippen LogP contribution in [-0.2, 0) is 27.7 Å². The Kier molecular flexibility index (Phi) is 6.03. The summed E-state index contributed by atoms with van der Waals surface area (Å²) in [5.74, 6) is 0.488. The lowest BCUT2D eigenvalue weighted by molar-refractivity contribution is -0.156. The molecule has 0 saturated carbocycles. The van der Waals surface area contributed by atoms with Crippen LogP contribution < -0.4 is 0 Å². The molecule has 0 atom stereocenters. The first-order chi connectivity index (χ1) is 11.3. The van der Waals surface area contributed by atoms with Gasteiger partial charge in [0.2, 0.25) is 0 Å². The van der Waals surface area contributed by atoms with Crippen LogP contribution in [0.4, 0.5) is 0 Å². The Morgan fingerprint density at radius 3 is 2.71 bits per heavy atom. The molecule has 24 heavy (non-hydrogen) atoms. The van der Waals surface area contributed by atoms with Gasteiger partial charge < -0.3 is 9.47 Å². The van der Waals surface area contributed by atoms with Gasteiger partial charge in [-0.15, -0.1) is 5.10 Å². The van der Waals surface area contributed by atoms with E-state index in [1.165, 1.54) is 0 Å². The lowest BCUT2D eigenvalue weighted by atomic mass is 10.1. The number of aromatic nitrogens is 4. The molecule has 130 valence electrons. The van der Waals surface area contributed by atoms with E-state index in [-0.39, 0.29) is 12.4 Å². The van der Waals surface area contributed by atoms with Crippen LogP contribution in [0.5, 0.6) is 0 Å². The topological polar surface area (TPSA) is 79.1 Å². The first-order valence-corrected chi connectivity index (χ1v) is 7.96. The summed E-state index contributed by atoms with van der Waals surface area (Å²) in [5.41, 5.74) is 1.65. The maximum atomic E-state index is 11.6. The Balaban J connectivity index is 1.75. The monoisotopic (exact) mass is 332 g/mol. The third-order valence-electron chi connectivity index (χ3n) is 3.21. The molecule has 0 spiro atoms. The summed E-state index contributed by atoms with van der Waals surface area (Å²) in [7, 11) is 1.81. The van der Waals surface area contributed by atoms with Crippen LogP contribution in [0.25, 0.3) is 11.4 Å². The van der Waals surface area contributed by atoms with Crippen molar-refractivity contribution in [2.45, 2.75) is 39.2 Å². The number of ether oxygens (including phenoxy) is 2. The number of tetrazole rings is 1. The molecule has 0 saturated heterocycles. The number of hydrogen-bond acceptors (Lipinski definition) is 6. The highest BCUT2D eigenvalue weighted by Crippen LogP contribution is 2.17. The Morgan fingerprint density at radius 2 is 2.04 bits per heavy atom. The van der Waals surface area contributed by atoms with Gasteiger partial charge in [-0.25, -0.2) is 4.68 Å². The average Bonchev–Trinajstić information content (AvgIpc) is 2.91. The minimum Gasteiger partial charge on any atom is -0.460 e. The molecule has 2 aromatic rings. The fourth-order valence-corrected chi connectivity index (χ4v) is 2.18. The van der Waals surface area contributed by atoms with E-state index in [1.807, 2.05) is 52.1 Å². The maximum Gasteiger partial charge on any atom is 0.308 e. The lowest BCUT2D eigenvalue weighted by Crippen LogP contribution is -2.24. The molecule has 0 aliphatic rings. The predicted octanol–water partition coefficient (Wildman–Crippen LogP) is 2.17. The molecule has 7 nitrogen and oxygen atoms in total. The summed E-state index contributed by atoms with van der Waals surface area (Å²) in [6.07, 6.45) is 1.02. The third kappa shape index (κ3) is 5.73. The Hall–Kier alpha value is -2.28. The molecule has 1 aromatic heterocycles. The van der Waals surface area contributed by atoms with Crippen LogP contribution in [0.3, 0.4) is 0 Å². The molecular weight excluding hydrogens is 308 g/mol. The summed E-state index contributed by atoms with van der Waals surface area (Å²) in [6, 6.07) is 8.02. The fraction of sp³-hybridized carbons (Fsp3) is 0.529. The second-order valence-electron chi connectivity index (χ2n) is 6.53. The van der Waals surface area contributed by atoms with Crippen molar-refractivity contribution < 1.29 is 14.3 Å². The number of carbonyl (C=O) groups excluding carboxylic acids is 1. The molecule has 0 bridgehead atoms. The highest BCUT2D eigenvalue weighted by atomic mass is 16.6. The summed E-state index contributed by atoms with van der Waals surface area (Å²) in [4.78, 5) is 11.6. The van der Waals surface area contributed by atoms with E-state index in [4.69, 9.17) is 9.47 Å². The summed E-state index contributed by atoms with van der Waals surface area (Å²) in [5, 5.41) is 11.5. The lowest BCUT2D eigenvalue weighted by Gasteiger charge is -2.19. The number of carbonyl (C=O) groups is 1. The molecule has 0 unspecified atom stereocenters. The first-order valence-electron chi connectivity index (χ1n) is 7.96. The Morgan fingerprint density at radius 1 is 1.25 bits per heavy atom. The van der Waals surface area contributed by atoms with Crippen molar-refractivity contribution in [2.75, 3.05) is 13.2 Å². The molecule has 2 rings (SSSR count). The van der Waals surface area contributed by atoms with E-state index in [9.17, 15) is 4.79 Å². The minimum absolute atomic E-state index is 0.237. The number of hydrogen-bond donors (Lipinski definition) is 0. The SMILES string of the molecule is Cn1nnnc1-c1cccc(CCOCCC(=O)OC(C)(C)C)c1. The van der Waals surface area contributed by atoms with Crippen LogP contribution in [0, 0.1) is 0 Å². The van der Waals surface area contributed by atoms with Gasteiger partial charge in [0, 0.05) is 12.6 Å². The van der Waals surface area contributed by atoms with Gasteiger partial charge in [0.25, 0.3) is 0 Å². The van der Waals surface area contributed by atoms with Gasteiger partial charge in [-0.2, -0.15) is 0 Å². The minimum atomic E-state index is -0.452. The molecule has 7 heteroatoms. The van der Waals surface area contributed by atoms with Crippen molar-refractivity contribution in [3.8, 4) is 11.4 Å².